The Morgan fingerprint density at radius 1 is 1.32 bits per heavy atom. The number of hydrogen-bond donors (Lipinski definition) is 0. The second-order valence-electron chi connectivity index (χ2n) is 5.79. The zero-order valence-corrected chi connectivity index (χ0v) is 12.4. The first-order valence-corrected chi connectivity index (χ1v) is 7.46. The van der Waals surface area contributed by atoms with Gasteiger partial charge in [0.05, 0.1) is 6.04 Å². The van der Waals surface area contributed by atoms with Gasteiger partial charge in [0.25, 0.3) is 0 Å². The van der Waals surface area contributed by atoms with Gasteiger partial charge in [-0.15, -0.1) is 0 Å². The van der Waals surface area contributed by atoms with Crippen LogP contribution in [-0.4, -0.2) is 29.8 Å². The number of aryl methyl sites for hydroxylation is 1. The van der Waals surface area contributed by atoms with Gasteiger partial charge in [0.2, 0.25) is 0 Å². The van der Waals surface area contributed by atoms with Gasteiger partial charge in [-0.3, -0.25) is 9.69 Å². The molecule has 0 amide bonds. The van der Waals surface area contributed by atoms with Crippen molar-refractivity contribution in [3.8, 4) is 0 Å². The lowest BCUT2D eigenvalue weighted by Crippen LogP contribution is -2.43. The second-order valence-corrected chi connectivity index (χ2v) is 5.79. The molecule has 0 spiro atoms. The Morgan fingerprint density at radius 3 is 2.42 bits per heavy atom. The normalized spacial score (nSPS) is 17.3. The summed E-state index contributed by atoms with van der Waals surface area (Å²) < 4.78 is 0. The summed E-state index contributed by atoms with van der Waals surface area (Å²) in [5.41, 5.74) is 2.04. The summed E-state index contributed by atoms with van der Waals surface area (Å²) in [6, 6.07) is 7.93. The lowest BCUT2D eigenvalue weighted by Gasteiger charge is -2.34. The van der Waals surface area contributed by atoms with E-state index in [-0.39, 0.29) is 11.8 Å². The Bertz CT molecular complexity index is 419. The van der Waals surface area contributed by atoms with Crippen molar-refractivity contribution in [3.63, 3.8) is 0 Å². The van der Waals surface area contributed by atoms with Crippen LogP contribution in [0.3, 0.4) is 0 Å². The van der Waals surface area contributed by atoms with Gasteiger partial charge in [0.1, 0.15) is 0 Å². The molecule has 1 saturated carbocycles. The quantitative estimate of drug-likeness (QED) is 0.726. The van der Waals surface area contributed by atoms with E-state index in [4.69, 9.17) is 0 Å². The van der Waals surface area contributed by atoms with Crippen LogP contribution in [0.2, 0.25) is 0 Å². The molecule has 1 fully saturated rings. The average molecular weight is 259 g/mol. The number of carbonyl (C=O) groups excluding carboxylic acids is 1. The van der Waals surface area contributed by atoms with Crippen LogP contribution >= 0.6 is 0 Å². The Morgan fingerprint density at radius 2 is 1.95 bits per heavy atom. The minimum atomic E-state index is -0.00620. The molecule has 2 nitrogen and oxygen atoms in total. The van der Waals surface area contributed by atoms with Gasteiger partial charge in [-0.1, -0.05) is 43.2 Å². The molecule has 0 heterocycles. The molecule has 19 heavy (non-hydrogen) atoms. The SMILES string of the molecule is CCN(CC1CCC1)C(C)C(=O)c1ccc(C)cc1. The lowest BCUT2D eigenvalue weighted by atomic mass is 9.84. The van der Waals surface area contributed by atoms with Gasteiger partial charge < -0.3 is 0 Å². The third-order valence-corrected chi connectivity index (χ3v) is 4.39. The zero-order valence-electron chi connectivity index (χ0n) is 12.4. The fourth-order valence-electron chi connectivity index (χ4n) is 2.69. The fraction of sp³-hybridized carbons (Fsp3) is 0.588. The predicted octanol–water partition coefficient (Wildman–Crippen LogP) is 3.69. The molecule has 0 aliphatic heterocycles. The molecule has 0 radical (unpaired) electrons. The second kappa shape index (κ2) is 6.33. The largest absolute Gasteiger partial charge is 0.294 e. The van der Waals surface area contributed by atoms with Crippen molar-refractivity contribution in [2.45, 2.75) is 46.1 Å². The minimum Gasteiger partial charge on any atom is -0.294 e. The van der Waals surface area contributed by atoms with E-state index in [0.717, 1.165) is 24.6 Å². The summed E-state index contributed by atoms with van der Waals surface area (Å²) in [6.45, 7) is 8.28. The number of Topliss-reactive ketones (excluding diaryl/α,β-unsaturated/α-hetero) is 1. The van der Waals surface area contributed by atoms with Crippen LogP contribution < -0.4 is 0 Å². The number of nitrogens with zero attached hydrogens (tertiary/aromatic N) is 1. The summed E-state index contributed by atoms with van der Waals surface area (Å²) in [5.74, 6) is 1.06. The van der Waals surface area contributed by atoms with Gasteiger partial charge >= 0.3 is 0 Å². The summed E-state index contributed by atoms with van der Waals surface area (Å²) in [4.78, 5) is 14.8. The number of benzene rings is 1. The monoisotopic (exact) mass is 259 g/mol. The molecule has 2 rings (SSSR count). The Labute approximate surface area is 116 Å². The molecule has 1 aliphatic rings. The van der Waals surface area contributed by atoms with E-state index in [0.29, 0.717) is 0 Å². The van der Waals surface area contributed by atoms with E-state index >= 15 is 0 Å². The maximum absolute atomic E-state index is 12.5. The average Bonchev–Trinajstić information content (AvgIpc) is 2.37. The van der Waals surface area contributed by atoms with Crippen LogP contribution in [-0.2, 0) is 0 Å². The van der Waals surface area contributed by atoms with E-state index < -0.39 is 0 Å². The fourth-order valence-corrected chi connectivity index (χ4v) is 2.69. The molecule has 2 heteroatoms. The molecule has 1 atom stereocenters. The summed E-state index contributed by atoms with van der Waals surface area (Å²) in [6.07, 6.45) is 4.03. The van der Waals surface area contributed by atoms with Crippen molar-refractivity contribution < 1.29 is 4.79 Å². The highest BCUT2D eigenvalue weighted by Crippen LogP contribution is 2.27. The highest BCUT2D eigenvalue weighted by molar-refractivity contribution is 5.99. The third-order valence-electron chi connectivity index (χ3n) is 4.39. The molecule has 1 aromatic carbocycles. The van der Waals surface area contributed by atoms with Crippen molar-refractivity contribution in [1.29, 1.82) is 0 Å². The van der Waals surface area contributed by atoms with E-state index in [1.54, 1.807) is 0 Å². The third kappa shape index (κ3) is 3.44. The Kier molecular flexibility index (Phi) is 4.76. The Balaban J connectivity index is 2.01. The molecule has 0 saturated heterocycles. The van der Waals surface area contributed by atoms with Gasteiger partial charge in [0.15, 0.2) is 5.78 Å². The Hall–Kier alpha value is -1.15. The molecule has 0 bridgehead atoms. The van der Waals surface area contributed by atoms with Crippen molar-refractivity contribution in [1.82, 2.24) is 4.90 Å². The number of hydrogen-bond acceptors (Lipinski definition) is 2. The zero-order chi connectivity index (χ0) is 13.8. The smallest absolute Gasteiger partial charge is 0.179 e. The van der Waals surface area contributed by atoms with Crippen LogP contribution in [0.1, 0.15) is 49.0 Å². The van der Waals surface area contributed by atoms with Crippen molar-refractivity contribution in [2.75, 3.05) is 13.1 Å². The first kappa shape index (κ1) is 14.3. The van der Waals surface area contributed by atoms with E-state index in [9.17, 15) is 4.79 Å². The standard InChI is InChI=1S/C17H25NO/c1-4-18(12-15-6-5-7-15)14(3)17(19)16-10-8-13(2)9-11-16/h8-11,14-15H,4-7,12H2,1-3H3. The summed E-state index contributed by atoms with van der Waals surface area (Å²) in [7, 11) is 0. The molecule has 104 valence electrons. The maximum Gasteiger partial charge on any atom is 0.179 e. The van der Waals surface area contributed by atoms with Crippen molar-refractivity contribution in [3.05, 3.63) is 35.4 Å². The summed E-state index contributed by atoms with van der Waals surface area (Å²) in [5, 5.41) is 0. The molecule has 0 aromatic heterocycles. The molecular weight excluding hydrogens is 234 g/mol. The van der Waals surface area contributed by atoms with Crippen LogP contribution in [0.4, 0.5) is 0 Å². The number of likely N-dealkylation sites (N-methyl/N-ethyl adjacent to an activating group) is 1. The first-order valence-electron chi connectivity index (χ1n) is 7.46. The van der Waals surface area contributed by atoms with Gasteiger partial charge in [-0.05, 0) is 39.2 Å². The molecular formula is C17H25NO. The number of ketones is 1. The van der Waals surface area contributed by atoms with Crippen LogP contribution in [0.15, 0.2) is 24.3 Å². The number of carbonyl (C=O) groups is 1. The van der Waals surface area contributed by atoms with E-state index in [1.165, 1.54) is 24.8 Å². The van der Waals surface area contributed by atoms with E-state index in [1.807, 2.05) is 38.1 Å². The van der Waals surface area contributed by atoms with Crippen LogP contribution in [0.5, 0.6) is 0 Å². The molecule has 1 aliphatic carbocycles. The summed E-state index contributed by atoms with van der Waals surface area (Å²) >= 11 is 0. The van der Waals surface area contributed by atoms with Crippen molar-refractivity contribution in [2.24, 2.45) is 5.92 Å². The highest BCUT2D eigenvalue weighted by Gasteiger charge is 2.26. The van der Waals surface area contributed by atoms with Crippen LogP contribution in [0.25, 0.3) is 0 Å². The maximum atomic E-state index is 12.5. The van der Waals surface area contributed by atoms with Gasteiger partial charge in [-0.2, -0.15) is 0 Å². The predicted molar refractivity (Wildman–Crippen MR) is 79.6 cm³/mol. The molecule has 0 N–H and O–H groups in total. The topological polar surface area (TPSA) is 20.3 Å². The minimum absolute atomic E-state index is 0.00620. The molecule has 1 aromatic rings. The number of rotatable bonds is 6. The van der Waals surface area contributed by atoms with E-state index in [2.05, 4.69) is 11.8 Å². The molecule has 1 unspecified atom stereocenters. The first-order chi connectivity index (χ1) is 9.11. The van der Waals surface area contributed by atoms with Gasteiger partial charge in [-0.25, -0.2) is 0 Å². The highest BCUT2D eigenvalue weighted by atomic mass is 16.1. The van der Waals surface area contributed by atoms with Gasteiger partial charge in [0, 0.05) is 12.1 Å². The van der Waals surface area contributed by atoms with Crippen LogP contribution in [0, 0.1) is 12.8 Å². The van der Waals surface area contributed by atoms with Crippen molar-refractivity contribution >= 4 is 5.78 Å². The lowest BCUT2D eigenvalue weighted by molar-refractivity contribution is 0.0789.